The highest BCUT2D eigenvalue weighted by molar-refractivity contribution is 5.68. The minimum absolute atomic E-state index is 0.217. The summed E-state index contributed by atoms with van der Waals surface area (Å²) in [7, 11) is 0. The van der Waals surface area contributed by atoms with Crippen LogP contribution >= 0.6 is 0 Å². The number of allylic oxidation sites excluding steroid dienone is 1. The molecular weight excluding hydrogens is 264 g/mol. The second kappa shape index (κ2) is 8.23. The van der Waals surface area contributed by atoms with Crippen LogP contribution in [0.25, 0.3) is 0 Å². The minimum atomic E-state index is -0.427. The first-order valence-corrected chi connectivity index (χ1v) is 7.82. The lowest BCUT2D eigenvalue weighted by atomic mass is 10.1. The molecule has 0 aromatic rings. The summed E-state index contributed by atoms with van der Waals surface area (Å²) in [6.45, 7) is 13.9. The van der Waals surface area contributed by atoms with Crippen molar-refractivity contribution < 1.29 is 9.53 Å². The molecule has 0 saturated heterocycles. The summed E-state index contributed by atoms with van der Waals surface area (Å²) in [5.74, 6) is 0. The molecule has 120 valence electrons. The molecule has 0 radical (unpaired) electrons. The zero-order valence-corrected chi connectivity index (χ0v) is 13.9. The van der Waals surface area contributed by atoms with Gasteiger partial charge in [0.25, 0.3) is 0 Å². The topological polar surface area (TPSA) is 41.6 Å². The number of ether oxygens (including phenoxy) is 1. The largest absolute Gasteiger partial charge is 0.444 e. The van der Waals surface area contributed by atoms with Crippen LogP contribution in [-0.2, 0) is 4.74 Å². The fraction of sp³-hybridized carbons (Fsp3) is 0.706. The second-order valence-electron chi connectivity index (χ2n) is 6.69. The van der Waals surface area contributed by atoms with Crippen LogP contribution in [0.5, 0.6) is 0 Å². The summed E-state index contributed by atoms with van der Waals surface area (Å²) < 4.78 is 5.39. The first-order chi connectivity index (χ1) is 9.81. The smallest absolute Gasteiger partial charge is 0.410 e. The van der Waals surface area contributed by atoms with E-state index in [-0.39, 0.29) is 6.09 Å². The minimum Gasteiger partial charge on any atom is -0.444 e. The summed E-state index contributed by atoms with van der Waals surface area (Å²) in [5, 5.41) is 3.52. The van der Waals surface area contributed by atoms with Gasteiger partial charge < -0.3 is 15.0 Å². The Kier molecular flexibility index (Phi) is 6.96. The van der Waals surface area contributed by atoms with Gasteiger partial charge in [0.2, 0.25) is 0 Å². The molecule has 0 spiro atoms. The Balaban J connectivity index is 2.33. The van der Waals surface area contributed by atoms with Crippen LogP contribution < -0.4 is 5.32 Å². The fourth-order valence-corrected chi connectivity index (χ4v) is 2.14. The predicted molar refractivity (Wildman–Crippen MR) is 87.4 cm³/mol. The summed E-state index contributed by atoms with van der Waals surface area (Å²) in [6, 6.07) is 0.493. The molecule has 0 aliphatic carbocycles. The first kappa shape index (κ1) is 17.8. The molecule has 1 heterocycles. The summed E-state index contributed by atoms with van der Waals surface area (Å²) >= 11 is 0. The Bertz CT molecular complexity index is 383. The monoisotopic (exact) mass is 294 g/mol. The van der Waals surface area contributed by atoms with Crippen LogP contribution in [0.2, 0.25) is 0 Å². The number of amides is 1. The molecule has 0 saturated carbocycles. The lowest BCUT2D eigenvalue weighted by Gasteiger charge is -2.30. The van der Waals surface area contributed by atoms with E-state index in [1.807, 2.05) is 26.8 Å². The van der Waals surface area contributed by atoms with E-state index in [9.17, 15) is 4.79 Å². The first-order valence-electron chi connectivity index (χ1n) is 7.82. The lowest BCUT2D eigenvalue weighted by Crippen LogP contribution is -2.40. The van der Waals surface area contributed by atoms with Gasteiger partial charge in [0, 0.05) is 25.7 Å². The maximum absolute atomic E-state index is 12.0. The Morgan fingerprint density at radius 3 is 2.81 bits per heavy atom. The van der Waals surface area contributed by atoms with Crippen LogP contribution in [0.1, 0.15) is 47.0 Å². The van der Waals surface area contributed by atoms with E-state index in [0.717, 1.165) is 32.4 Å². The SMILES string of the molecule is C=CCCC(C)NCC1=CCN(C(=O)OC(C)(C)C)CC1. The Hall–Kier alpha value is -1.29. The Morgan fingerprint density at radius 2 is 2.29 bits per heavy atom. The molecule has 21 heavy (non-hydrogen) atoms. The van der Waals surface area contributed by atoms with Gasteiger partial charge in [-0.2, -0.15) is 0 Å². The number of hydrogen-bond acceptors (Lipinski definition) is 3. The van der Waals surface area contributed by atoms with Gasteiger partial charge in [-0.15, -0.1) is 6.58 Å². The molecule has 4 nitrogen and oxygen atoms in total. The highest BCUT2D eigenvalue weighted by Crippen LogP contribution is 2.15. The Labute approximate surface area is 129 Å². The van der Waals surface area contributed by atoms with Crippen molar-refractivity contribution >= 4 is 6.09 Å². The number of rotatable bonds is 6. The molecule has 1 N–H and O–H groups in total. The zero-order valence-electron chi connectivity index (χ0n) is 13.9. The van der Waals surface area contributed by atoms with Crippen LogP contribution in [0.4, 0.5) is 4.79 Å². The molecule has 0 aromatic carbocycles. The van der Waals surface area contributed by atoms with Gasteiger partial charge in [0.05, 0.1) is 0 Å². The normalized spacial score (nSPS) is 17.1. The number of nitrogens with one attached hydrogen (secondary N) is 1. The Morgan fingerprint density at radius 1 is 1.57 bits per heavy atom. The predicted octanol–water partition coefficient (Wildman–Crippen LogP) is 3.50. The molecule has 0 fully saturated rings. The average molecular weight is 294 g/mol. The molecule has 0 bridgehead atoms. The highest BCUT2D eigenvalue weighted by atomic mass is 16.6. The van der Waals surface area contributed by atoms with Gasteiger partial charge in [0.15, 0.2) is 0 Å². The third kappa shape index (κ3) is 7.32. The number of carbonyl (C=O) groups excluding carboxylic acids is 1. The fourth-order valence-electron chi connectivity index (χ4n) is 2.14. The van der Waals surface area contributed by atoms with E-state index < -0.39 is 5.60 Å². The van der Waals surface area contributed by atoms with Gasteiger partial charge >= 0.3 is 6.09 Å². The maximum Gasteiger partial charge on any atom is 0.410 e. The molecule has 1 unspecified atom stereocenters. The van der Waals surface area contributed by atoms with Crippen molar-refractivity contribution in [3.63, 3.8) is 0 Å². The molecule has 1 amide bonds. The molecule has 1 aliphatic rings. The molecular formula is C17H30N2O2. The van der Waals surface area contributed by atoms with Crippen molar-refractivity contribution in [2.75, 3.05) is 19.6 Å². The van der Waals surface area contributed by atoms with E-state index in [1.165, 1.54) is 5.57 Å². The quantitative estimate of drug-likeness (QED) is 0.762. The van der Waals surface area contributed by atoms with Crippen molar-refractivity contribution in [2.24, 2.45) is 0 Å². The third-order valence-electron chi connectivity index (χ3n) is 3.44. The van der Waals surface area contributed by atoms with E-state index in [0.29, 0.717) is 12.6 Å². The molecule has 4 heteroatoms. The third-order valence-corrected chi connectivity index (χ3v) is 3.44. The van der Waals surface area contributed by atoms with Crippen molar-refractivity contribution in [1.82, 2.24) is 10.2 Å². The number of hydrogen-bond donors (Lipinski definition) is 1. The lowest BCUT2D eigenvalue weighted by molar-refractivity contribution is 0.0265. The van der Waals surface area contributed by atoms with Crippen molar-refractivity contribution in [3.05, 3.63) is 24.3 Å². The van der Waals surface area contributed by atoms with Gasteiger partial charge in [-0.05, 0) is 47.0 Å². The molecule has 0 aromatic heterocycles. The summed E-state index contributed by atoms with van der Waals surface area (Å²) in [4.78, 5) is 13.7. The van der Waals surface area contributed by atoms with E-state index >= 15 is 0 Å². The van der Waals surface area contributed by atoms with Crippen molar-refractivity contribution in [1.29, 1.82) is 0 Å². The van der Waals surface area contributed by atoms with Crippen molar-refractivity contribution in [2.45, 2.75) is 58.6 Å². The van der Waals surface area contributed by atoms with Gasteiger partial charge in [-0.1, -0.05) is 17.7 Å². The summed E-state index contributed by atoms with van der Waals surface area (Å²) in [6.07, 6.45) is 6.95. The van der Waals surface area contributed by atoms with Crippen LogP contribution in [-0.4, -0.2) is 42.3 Å². The van der Waals surface area contributed by atoms with Gasteiger partial charge in [-0.3, -0.25) is 0 Å². The van der Waals surface area contributed by atoms with Crippen LogP contribution in [0.15, 0.2) is 24.3 Å². The van der Waals surface area contributed by atoms with E-state index in [2.05, 4.69) is 24.9 Å². The van der Waals surface area contributed by atoms with Gasteiger partial charge in [-0.25, -0.2) is 4.79 Å². The average Bonchev–Trinajstić information content (AvgIpc) is 2.41. The molecule has 1 rings (SSSR count). The second-order valence-corrected chi connectivity index (χ2v) is 6.69. The molecule has 1 aliphatic heterocycles. The van der Waals surface area contributed by atoms with E-state index in [1.54, 1.807) is 4.90 Å². The highest BCUT2D eigenvalue weighted by Gasteiger charge is 2.23. The number of nitrogens with zero attached hydrogens (tertiary/aromatic N) is 1. The standard InChI is InChI=1S/C17H30N2O2/c1-6-7-8-14(2)18-13-15-9-11-19(12-10-15)16(20)21-17(3,4)5/h6,9,14,18H,1,7-8,10-13H2,2-5H3. The van der Waals surface area contributed by atoms with Crippen molar-refractivity contribution in [3.8, 4) is 0 Å². The zero-order chi connectivity index (χ0) is 15.9. The number of carbonyl (C=O) groups is 1. The van der Waals surface area contributed by atoms with Crippen LogP contribution in [0.3, 0.4) is 0 Å². The van der Waals surface area contributed by atoms with Gasteiger partial charge in [0.1, 0.15) is 5.60 Å². The van der Waals surface area contributed by atoms with Crippen LogP contribution in [0, 0.1) is 0 Å². The maximum atomic E-state index is 12.0. The van der Waals surface area contributed by atoms with E-state index in [4.69, 9.17) is 4.74 Å². The summed E-state index contributed by atoms with van der Waals surface area (Å²) in [5.41, 5.74) is 0.948. The molecule has 1 atom stereocenters.